The Morgan fingerprint density at radius 3 is 2.14 bits per heavy atom. The van der Waals surface area contributed by atoms with Crippen molar-refractivity contribution in [1.82, 2.24) is 0 Å². The highest BCUT2D eigenvalue weighted by molar-refractivity contribution is 6.29. The van der Waals surface area contributed by atoms with E-state index in [-0.39, 0.29) is 16.3 Å². The smallest absolute Gasteiger partial charge is 0.183 e. The number of hydrogen-bond acceptors (Lipinski definition) is 2. The van der Waals surface area contributed by atoms with Gasteiger partial charge in [0.2, 0.25) is 0 Å². The summed E-state index contributed by atoms with van der Waals surface area (Å²) in [5, 5.41) is 0.206. The predicted octanol–water partition coefficient (Wildman–Crippen LogP) is 6.33. The second-order valence-corrected chi connectivity index (χ2v) is 8.21. The van der Waals surface area contributed by atoms with Gasteiger partial charge in [0.05, 0.1) is 5.54 Å². The zero-order valence-electron chi connectivity index (χ0n) is 14.5. The minimum Gasteiger partial charge on any atom is -0.478 e. The third kappa shape index (κ3) is 8.62. The van der Waals surface area contributed by atoms with Crippen molar-refractivity contribution in [2.24, 2.45) is 4.99 Å². The average Bonchev–Trinajstić information content (AvgIpc) is 2.82. The molecule has 0 radical (unpaired) electrons. The van der Waals surface area contributed by atoms with Crippen LogP contribution in [0.1, 0.15) is 85.0 Å². The maximum Gasteiger partial charge on any atom is 0.183 e. The number of alkyl halides is 2. The Labute approximate surface area is 147 Å². The molecule has 0 aromatic carbocycles. The van der Waals surface area contributed by atoms with Crippen molar-refractivity contribution in [2.45, 2.75) is 101 Å². The molecule has 0 saturated carbocycles. The summed E-state index contributed by atoms with van der Waals surface area (Å²) in [5.41, 5.74) is -0.0383. The van der Waals surface area contributed by atoms with Gasteiger partial charge in [0.1, 0.15) is 6.61 Å². The zero-order chi connectivity index (χ0) is 16.4. The maximum absolute atomic E-state index is 6.42. The van der Waals surface area contributed by atoms with Gasteiger partial charge in [0.25, 0.3) is 0 Å². The molecule has 22 heavy (non-hydrogen) atoms. The Kier molecular flexibility index (Phi) is 9.82. The third-order valence-electron chi connectivity index (χ3n) is 4.12. The van der Waals surface area contributed by atoms with Crippen LogP contribution in [0, 0.1) is 0 Å². The summed E-state index contributed by atoms with van der Waals surface area (Å²) in [4.78, 5) is 4.57. The van der Waals surface area contributed by atoms with Crippen LogP contribution in [0.5, 0.6) is 0 Å². The largest absolute Gasteiger partial charge is 0.478 e. The molecule has 0 bridgehead atoms. The SMILES string of the molecule is CCCCCCCC(Cl)C(Cl)CCCCC1=NC(C)(C)CO1. The van der Waals surface area contributed by atoms with Crippen LogP contribution in [-0.4, -0.2) is 28.8 Å². The Hall–Kier alpha value is 0.0500. The highest BCUT2D eigenvalue weighted by Gasteiger charge is 2.25. The van der Waals surface area contributed by atoms with Crippen molar-refractivity contribution in [3.05, 3.63) is 0 Å². The van der Waals surface area contributed by atoms with Gasteiger partial charge in [-0.25, -0.2) is 4.99 Å². The summed E-state index contributed by atoms with van der Waals surface area (Å²) in [6.07, 6.45) is 11.6. The number of halogens is 2. The Bertz CT molecular complexity index is 331. The molecule has 1 aliphatic rings. The molecule has 2 atom stereocenters. The topological polar surface area (TPSA) is 21.6 Å². The summed E-state index contributed by atoms with van der Waals surface area (Å²) in [6, 6.07) is 0. The first-order chi connectivity index (χ1) is 10.4. The highest BCUT2D eigenvalue weighted by Crippen LogP contribution is 2.24. The van der Waals surface area contributed by atoms with E-state index in [1.54, 1.807) is 0 Å². The first-order valence-corrected chi connectivity index (χ1v) is 9.81. The molecule has 0 spiro atoms. The van der Waals surface area contributed by atoms with E-state index in [9.17, 15) is 0 Å². The van der Waals surface area contributed by atoms with Gasteiger partial charge in [0, 0.05) is 17.2 Å². The van der Waals surface area contributed by atoms with Crippen molar-refractivity contribution in [2.75, 3.05) is 6.61 Å². The monoisotopic (exact) mass is 349 g/mol. The van der Waals surface area contributed by atoms with Crippen molar-refractivity contribution in [1.29, 1.82) is 0 Å². The standard InChI is InChI=1S/C18H33Cl2NO/c1-4-5-6-7-8-11-15(19)16(20)12-9-10-13-17-21-18(2,3)14-22-17/h15-16H,4-14H2,1-3H3. The number of rotatable bonds is 12. The normalized spacial score (nSPS) is 19.6. The lowest BCUT2D eigenvalue weighted by molar-refractivity contribution is 0.273. The molecule has 1 aliphatic heterocycles. The van der Waals surface area contributed by atoms with Crippen LogP contribution in [-0.2, 0) is 4.74 Å². The van der Waals surface area contributed by atoms with Gasteiger partial charge < -0.3 is 4.74 Å². The van der Waals surface area contributed by atoms with E-state index in [1.807, 2.05) is 0 Å². The van der Waals surface area contributed by atoms with Gasteiger partial charge in [-0.1, -0.05) is 45.4 Å². The number of nitrogens with zero attached hydrogens (tertiary/aromatic N) is 1. The molecule has 0 saturated heterocycles. The summed E-state index contributed by atoms with van der Waals surface area (Å²) in [7, 11) is 0. The zero-order valence-corrected chi connectivity index (χ0v) is 16.1. The number of aliphatic imine (C=N–C) groups is 1. The Balaban J connectivity index is 2.04. The molecule has 2 unspecified atom stereocenters. The molecular formula is C18H33Cl2NO. The quantitative estimate of drug-likeness (QED) is 0.298. The fourth-order valence-corrected chi connectivity index (χ4v) is 3.27. The maximum atomic E-state index is 6.42. The predicted molar refractivity (Wildman–Crippen MR) is 98.6 cm³/mol. The fourth-order valence-electron chi connectivity index (χ4n) is 2.71. The molecule has 2 nitrogen and oxygen atoms in total. The lowest BCUT2D eigenvalue weighted by Gasteiger charge is -2.15. The van der Waals surface area contributed by atoms with E-state index < -0.39 is 0 Å². The lowest BCUT2D eigenvalue weighted by Crippen LogP contribution is -2.17. The lowest BCUT2D eigenvalue weighted by atomic mass is 10.0. The fraction of sp³-hybridized carbons (Fsp3) is 0.944. The number of unbranched alkanes of at least 4 members (excludes halogenated alkanes) is 5. The summed E-state index contributed by atoms with van der Waals surface area (Å²) in [6.45, 7) is 7.16. The highest BCUT2D eigenvalue weighted by atomic mass is 35.5. The van der Waals surface area contributed by atoms with E-state index in [0.29, 0.717) is 6.61 Å². The summed E-state index contributed by atoms with van der Waals surface area (Å²) in [5.74, 6) is 0.912. The molecule has 1 heterocycles. The van der Waals surface area contributed by atoms with E-state index in [1.165, 1.54) is 32.1 Å². The van der Waals surface area contributed by atoms with Crippen molar-refractivity contribution in [3.63, 3.8) is 0 Å². The molecule has 1 rings (SSSR count). The minimum absolute atomic E-state index is 0.0383. The van der Waals surface area contributed by atoms with Crippen LogP contribution < -0.4 is 0 Å². The molecule has 0 amide bonds. The van der Waals surface area contributed by atoms with Crippen LogP contribution in [0.3, 0.4) is 0 Å². The van der Waals surface area contributed by atoms with Crippen molar-refractivity contribution >= 4 is 29.1 Å². The first-order valence-electron chi connectivity index (χ1n) is 8.94. The number of hydrogen-bond donors (Lipinski definition) is 0. The van der Waals surface area contributed by atoms with Gasteiger partial charge >= 0.3 is 0 Å². The van der Waals surface area contributed by atoms with Gasteiger partial charge in [-0.05, 0) is 33.1 Å². The molecule has 0 aromatic rings. The van der Waals surface area contributed by atoms with Crippen LogP contribution in [0.2, 0.25) is 0 Å². The number of ether oxygens (including phenoxy) is 1. The van der Waals surface area contributed by atoms with Gasteiger partial charge in [0.15, 0.2) is 5.90 Å². The molecule has 0 aliphatic carbocycles. The molecular weight excluding hydrogens is 317 g/mol. The van der Waals surface area contributed by atoms with E-state index >= 15 is 0 Å². The molecule has 0 fully saturated rings. The third-order valence-corrected chi connectivity index (χ3v) is 5.29. The summed E-state index contributed by atoms with van der Waals surface area (Å²) < 4.78 is 5.60. The first kappa shape index (κ1) is 20.1. The van der Waals surface area contributed by atoms with Crippen molar-refractivity contribution in [3.8, 4) is 0 Å². The van der Waals surface area contributed by atoms with Crippen LogP contribution in [0.15, 0.2) is 4.99 Å². The van der Waals surface area contributed by atoms with Gasteiger partial charge in [-0.2, -0.15) is 0 Å². The van der Waals surface area contributed by atoms with E-state index in [0.717, 1.165) is 38.0 Å². The molecule has 0 aromatic heterocycles. The minimum atomic E-state index is -0.0383. The molecule has 130 valence electrons. The van der Waals surface area contributed by atoms with Crippen LogP contribution in [0.4, 0.5) is 0 Å². The van der Waals surface area contributed by atoms with Crippen LogP contribution in [0.25, 0.3) is 0 Å². The van der Waals surface area contributed by atoms with E-state index in [4.69, 9.17) is 27.9 Å². The molecule has 4 heteroatoms. The van der Waals surface area contributed by atoms with Gasteiger partial charge in [-0.15, -0.1) is 23.2 Å². The average molecular weight is 350 g/mol. The van der Waals surface area contributed by atoms with E-state index in [2.05, 4.69) is 25.8 Å². The van der Waals surface area contributed by atoms with Crippen molar-refractivity contribution < 1.29 is 4.74 Å². The second-order valence-electron chi connectivity index (χ2n) is 7.09. The second kappa shape index (κ2) is 10.8. The van der Waals surface area contributed by atoms with Crippen LogP contribution >= 0.6 is 23.2 Å². The van der Waals surface area contributed by atoms with Gasteiger partial charge in [-0.3, -0.25) is 0 Å². The Morgan fingerprint density at radius 2 is 1.59 bits per heavy atom. The molecule has 0 N–H and O–H groups in total. The Morgan fingerprint density at radius 1 is 1.00 bits per heavy atom. The summed E-state index contributed by atoms with van der Waals surface area (Å²) >= 11 is 12.8.